The fourth-order valence-electron chi connectivity index (χ4n) is 3.78. The number of hydrogen-bond acceptors (Lipinski definition) is 3. The number of nitrogens with zero attached hydrogens (tertiary/aromatic N) is 2. The average molecular weight is 267 g/mol. The fraction of sp³-hybridized carbons (Fsp3) is 0.933. The molecule has 4 heteroatoms. The molecule has 1 heterocycles. The maximum absolute atomic E-state index is 12.7. The molecular weight excluding hydrogens is 238 g/mol. The van der Waals surface area contributed by atoms with E-state index < -0.39 is 0 Å². The Balaban J connectivity index is 2.01. The maximum atomic E-state index is 12.7. The first-order chi connectivity index (χ1) is 8.91. The molecule has 2 rings (SSSR count). The summed E-state index contributed by atoms with van der Waals surface area (Å²) in [4.78, 5) is 17.0. The van der Waals surface area contributed by atoms with Gasteiger partial charge in [0.15, 0.2) is 0 Å². The monoisotopic (exact) mass is 267 g/mol. The minimum Gasteiger partial charge on any atom is -0.341 e. The molecule has 1 saturated heterocycles. The molecule has 4 nitrogen and oxygen atoms in total. The van der Waals surface area contributed by atoms with Crippen molar-refractivity contribution in [2.75, 3.05) is 27.2 Å². The van der Waals surface area contributed by atoms with Gasteiger partial charge in [0, 0.05) is 31.1 Å². The first kappa shape index (κ1) is 14.8. The smallest absolute Gasteiger partial charge is 0.226 e. The minimum absolute atomic E-state index is 0.150. The third kappa shape index (κ3) is 2.95. The van der Waals surface area contributed by atoms with Crippen LogP contribution in [0.1, 0.15) is 33.1 Å². The first-order valence-corrected chi connectivity index (χ1v) is 7.62. The van der Waals surface area contributed by atoms with Gasteiger partial charge < -0.3 is 15.5 Å². The molecule has 1 saturated carbocycles. The molecule has 0 spiro atoms. The second-order valence-corrected chi connectivity index (χ2v) is 6.81. The van der Waals surface area contributed by atoms with E-state index in [9.17, 15) is 4.79 Å². The highest BCUT2D eigenvalue weighted by atomic mass is 16.2. The van der Waals surface area contributed by atoms with E-state index in [1.54, 1.807) is 0 Å². The first-order valence-electron chi connectivity index (χ1n) is 7.62. The Morgan fingerprint density at radius 2 is 1.89 bits per heavy atom. The van der Waals surface area contributed by atoms with Crippen LogP contribution >= 0.6 is 0 Å². The van der Waals surface area contributed by atoms with E-state index in [2.05, 4.69) is 37.7 Å². The Morgan fingerprint density at radius 3 is 2.47 bits per heavy atom. The maximum Gasteiger partial charge on any atom is 0.226 e. The summed E-state index contributed by atoms with van der Waals surface area (Å²) in [5.74, 6) is 1.39. The molecule has 0 aromatic carbocycles. The number of likely N-dealkylation sites (N-methyl/N-ethyl adjacent to an activating group) is 1. The normalized spacial score (nSPS) is 39.9. The van der Waals surface area contributed by atoms with Crippen LogP contribution in [0.4, 0.5) is 0 Å². The lowest BCUT2D eigenvalue weighted by Crippen LogP contribution is -2.46. The van der Waals surface area contributed by atoms with Crippen molar-refractivity contribution in [2.24, 2.45) is 23.5 Å². The SMILES string of the molecule is CC1CN(C(=O)C2CCCC(N)C2C)CC1N(C)C. The number of rotatable bonds is 2. The molecule has 1 aliphatic heterocycles. The van der Waals surface area contributed by atoms with Gasteiger partial charge in [0.05, 0.1) is 0 Å². The van der Waals surface area contributed by atoms with Crippen molar-refractivity contribution in [1.29, 1.82) is 0 Å². The number of carbonyl (C=O) groups excluding carboxylic acids is 1. The number of likely N-dealkylation sites (tertiary alicyclic amines) is 1. The van der Waals surface area contributed by atoms with Crippen molar-refractivity contribution in [3.63, 3.8) is 0 Å². The number of hydrogen-bond donors (Lipinski definition) is 1. The summed E-state index contributed by atoms with van der Waals surface area (Å²) < 4.78 is 0. The van der Waals surface area contributed by atoms with Crippen LogP contribution in [0.2, 0.25) is 0 Å². The zero-order valence-corrected chi connectivity index (χ0v) is 12.8. The highest BCUT2D eigenvalue weighted by molar-refractivity contribution is 5.79. The van der Waals surface area contributed by atoms with Crippen LogP contribution in [0.15, 0.2) is 0 Å². The van der Waals surface area contributed by atoms with E-state index in [4.69, 9.17) is 5.73 Å². The van der Waals surface area contributed by atoms with Crippen LogP contribution in [-0.2, 0) is 4.79 Å². The Labute approximate surface area is 117 Å². The molecule has 2 aliphatic rings. The van der Waals surface area contributed by atoms with Crippen molar-refractivity contribution < 1.29 is 4.79 Å². The topological polar surface area (TPSA) is 49.6 Å². The molecule has 1 amide bonds. The second-order valence-electron chi connectivity index (χ2n) is 6.81. The fourth-order valence-corrected chi connectivity index (χ4v) is 3.78. The van der Waals surface area contributed by atoms with Crippen LogP contribution in [-0.4, -0.2) is 55.0 Å². The summed E-state index contributed by atoms with van der Waals surface area (Å²) in [6.07, 6.45) is 3.19. The summed E-state index contributed by atoms with van der Waals surface area (Å²) in [5, 5.41) is 0. The molecule has 0 radical (unpaired) electrons. The molecular formula is C15H29N3O. The predicted octanol–water partition coefficient (Wildman–Crippen LogP) is 1.16. The van der Waals surface area contributed by atoms with Crippen LogP contribution in [0.3, 0.4) is 0 Å². The summed E-state index contributed by atoms with van der Waals surface area (Å²) in [5.41, 5.74) is 6.13. The molecule has 5 atom stereocenters. The van der Waals surface area contributed by atoms with Gasteiger partial charge in [-0.15, -0.1) is 0 Å². The van der Waals surface area contributed by atoms with Crippen LogP contribution in [0.25, 0.3) is 0 Å². The third-order valence-corrected chi connectivity index (χ3v) is 5.23. The molecule has 0 bridgehead atoms. The van der Waals surface area contributed by atoms with Crippen molar-refractivity contribution >= 4 is 5.91 Å². The Kier molecular flexibility index (Phi) is 4.51. The van der Waals surface area contributed by atoms with Crippen LogP contribution < -0.4 is 5.73 Å². The van der Waals surface area contributed by atoms with Crippen LogP contribution in [0.5, 0.6) is 0 Å². The highest BCUT2D eigenvalue weighted by Gasteiger charge is 2.39. The third-order valence-electron chi connectivity index (χ3n) is 5.23. The second kappa shape index (κ2) is 5.80. The van der Waals surface area contributed by atoms with Gasteiger partial charge in [-0.1, -0.05) is 20.3 Å². The molecule has 19 heavy (non-hydrogen) atoms. The van der Waals surface area contributed by atoms with Gasteiger partial charge in [-0.3, -0.25) is 4.79 Å². The van der Waals surface area contributed by atoms with E-state index in [1.807, 2.05) is 0 Å². The number of amides is 1. The molecule has 0 aromatic rings. The van der Waals surface area contributed by atoms with Gasteiger partial charge in [-0.25, -0.2) is 0 Å². The largest absolute Gasteiger partial charge is 0.341 e. The Morgan fingerprint density at radius 1 is 1.21 bits per heavy atom. The molecule has 5 unspecified atom stereocenters. The van der Waals surface area contributed by atoms with Gasteiger partial charge in [-0.2, -0.15) is 0 Å². The number of carbonyl (C=O) groups is 1. The van der Waals surface area contributed by atoms with Crippen molar-refractivity contribution in [1.82, 2.24) is 9.80 Å². The van der Waals surface area contributed by atoms with Gasteiger partial charge in [0.2, 0.25) is 5.91 Å². The summed E-state index contributed by atoms with van der Waals surface area (Å²) in [6, 6.07) is 0.698. The van der Waals surface area contributed by atoms with Crippen LogP contribution in [0, 0.1) is 17.8 Å². The lowest BCUT2D eigenvalue weighted by molar-refractivity contribution is -0.137. The van der Waals surface area contributed by atoms with E-state index in [-0.39, 0.29) is 12.0 Å². The quantitative estimate of drug-likeness (QED) is 0.817. The van der Waals surface area contributed by atoms with Crippen molar-refractivity contribution in [3.05, 3.63) is 0 Å². The standard InChI is InChI=1S/C15H29N3O/c1-10-8-18(9-14(10)17(3)4)15(19)12-6-5-7-13(16)11(12)2/h10-14H,5-9,16H2,1-4H3. The average Bonchev–Trinajstić information content (AvgIpc) is 2.74. The zero-order valence-electron chi connectivity index (χ0n) is 12.8. The molecule has 2 fully saturated rings. The van der Waals surface area contributed by atoms with Gasteiger partial charge in [0.25, 0.3) is 0 Å². The van der Waals surface area contributed by atoms with E-state index in [0.717, 1.165) is 32.4 Å². The van der Waals surface area contributed by atoms with E-state index >= 15 is 0 Å². The number of nitrogens with two attached hydrogens (primary N) is 1. The summed E-state index contributed by atoms with van der Waals surface area (Å²) in [6.45, 7) is 6.18. The molecule has 1 aliphatic carbocycles. The summed E-state index contributed by atoms with van der Waals surface area (Å²) >= 11 is 0. The van der Waals surface area contributed by atoms with Gasteiger partial charge >= 0.3 is 0 Å². The predicted molar refractivity (Wildman–Crippen MR) is 77.7 cm³/mol. The molecule has 110 valence electrons. The Hall–Kier alpha value is -0.610. The van der Waals surface area contributed by atoms with Crippen molar-refractivity contribution in [2.45, 2.75) is 45.2 Å². The lowest BCUT2D eigenvalue weighted by Gasteiger charge is -2.35. The van der Waals surface area contributed by atoms with E-state index in [0.29, 0.717) is 23.8 Å². The van der Waals surface area contributed by atoms with Crippen molar-refractivity contribution in [3.8, 4) is 0 Å². The summed E-state index contributed by atoms with van der Waals surface area (Å²) in [7, 11) is 4.21. The zero-order chi connectivity index (χ0) is 14.2. The van der Waals surface area contributed by atoms with E-state index in [1.165, 1.54) is 0 Å². The van der Waals surface area contributed by atoms with Gasteiger partial charge in [0.1, 0.15) is 0 Å². The molecule has 0 aromatic heterocycles. The lowest BCUT2D eigenvalue weighted by atomic mass is 9.76. The highest BCUT2D eigenvalue weighted by Crippen LogP contribution is 2.32. The molecule has 2 N–H and O–H groups in total. The minimum atomic E-state index is 0.150. The Bertz CT molecular complexity index is 331. The van der Waals surface area contributed by atoms with Gasteiger partial charge in [-0.05, 0) is 38.8 Å².